The van der Waals surface area contributed by atoms with Gasteiger partial charge in [-0.05, 0) is 38.8 Å². The van der Waals surface area contributed by atoms with Crippen molar-refractivity contribution < 1.29 is 9.53 Å². The molecule has 1 aliphatic carbocycles. The lowest BCUT2D eigenvalue weighted by Crippen LogP contribution is -2.28. The van der Waals surface area contributed by atoms with Gasteiger partial charge in [-0.1, -0.05) is 43.4 Å². The third-order valence-electron chi connectivity index (χ3n) is 4.89. The molecule has 0 radical (unpaired) electrons. The van der Waals surface area contributed by atoms with Crippen molar-refractivity contribution in [2.75, 3.05) is 11.9 Å². The van der Waals surface area contributed by atoms with Crippen LogP contribution in [0.15, 0.2) is 35.1 Å². The Bertz CT molecular complexity index is 835. The van der Waals surface area contributed by atoms with E-state index in [0.29, 0.717) is 11.4 Å². The number of nitrogens with zero attached hydrogens (tertiary/aromatic N) is 2. The minimum Gasteiger partial charge on any atom is -0.461 e. The minimum absolute atomic E-state index is 0.154. The largest absolute Gasteiger partial charge is 0.461 e. The topological polar surface area (TPSA) is 73.2 Å². The molecule has 0 spiro atoms. The first-order valence-electron chi connectivity index (χ1n) is 9.73. The fourth-order valence-electron chi connectivity index (χ4n) is 3.43. The molecule has 0 bridgehead atoms. The molecule has 1 fully saturated rings. The molecule has 1 aromatic carbocycles. The molecular weight excluding hydrogens is 342 g/mol. The van der Waals surface area contributed by atoms with E-state index in [1.807, 2.05) is 31.2 Å². The van der Waals surface area contributed by atoms with E-state index in [9.17, 15) is 9.59 Å². The van der Waals surface area contributed by atoms with Crippen molar-refractivity contribution in [3.63, 3.8) is 0 Å². The highest BCUT2D eigenvalue weighted by Gasteiger charge is 2.21. The summed E-state index contributed by atoms with van der Waals surface area (Å²) in [7, 11) is 0. The number of esters is 1. The summed E-state index contributed by atoms with van der Waals surface area (Å²) in [6, 6.07) is 9.16. The number of aryl methyl sites for hydroxylation is 1. The Morgan fingerprint density at radius 1 is 1.19 bits per heavy atom. The molecular formula is C21H27N3O3. The first-order valence-corrected chi connectivity index (χ1v) is 9.73. The van der Waals surface area contributed by atoms with E-state index in [4.69, 9.17) is 4.74 Å². The molecule has 6 heteroatoms. The summed E-state index contributed by atoms with van der Waals surface area (Å²) in [6.45, 7) is 3.99. The van der Waals surface area contributed by atoms with Crippen LogP contribution >= 0.6 is 0 Å². The van der Waals surface area contributed by atoms with Crippen molar-refractivity contribution in [1.82, 2.24) is 9.78 Å². The van der Waals surface area contributed by atoms with Crippen LogP contribution in [0.1, 0.15) is 61.5 Å². The average Bonchev–Trinajstić information content (AvgIpc) is 2.92. The smallest absolute Gasteiger partial charge is 0.360 e. The van der Waals surface area contributed by atoms with Crippen molar-refractivity contribution in [1.29, 1.82) is 0 Å². The van der Waals surface area contributed by atoms with Crippen molar-refractivity contribution in [2.24, 2.45) is 0 Å². The Morgan fingerprint density at radius 2 is 1.85 bits per heavy atom. The maximum atomic E-state index is 12.7. The number of hydrogen-bond acceptors (Lipinski definition) is 5. The zero-order valence-corrected chi connectivity index (χ0v) is 16.0. The van der Waals surface area contributed by atoms with Crippen LogP contribution in [0.3, 0.4) is 0 Å². The molecule has 0 unspecified atom stereocenters. The number of rotatable bonds is 5. The molecule has 1 aromatic heterocycles. The third kappa shape index (κ3) is 4.76. The van der Waals surface area contributed by atoms with Crippen molar-refractivity contribution >= 4 is 11.7 Å². The van der Waals surface area contributed by atoms with Gasteiger partial charge in [0, 0.05) is 12.1 Å². The summed E-state index contributed by atoms with van der Waals surface area (Å²) in [5.41, 5.74) is 2.05. The summed E-state index contributed by atoms with van der Waals surface area (Å²) in [4.78, 5) is 25.2. The van der Waals surface area contributed by atoms with E-state index in [1.54, 1.807) is 6.92 Å². The van der Waals surface area contributed by atoms with Gasteiger partial charge in [-0.25, -0.2) is 4.79 Å². The average molecular weight is 369 g/mol. The van der Waals surface area contributed by atoms with Gasteiger partial charge < -0.3 is 10.1 Å². The van der Waals surface area contributed by atoms with Crippen LogP contribution in [0.25, 0.3) is 5.69 Å². The van der Waals surface area contributed by atoms with Crippen molar-refractivity contribution in [3.8, 4) is 5.69 Å². The molecule has 0 saturated heterocycles. The highest BCUT2D eigenvalue weighted by Crippen LogP contribution is 2.22. The summed E-state index contributed by atoms with van der Waals surface area (Å²) in [5.74, 6) is -0.519. The summed E-state index contributed by atoms with van der Waals surface area (Å²) >= 11 is 0. The fourth-order valence-corrected chi connectivity index (χ4v) is 3.43. The Labute approximate surface area is 159 Å². The van der Waals surface area contributed by atoms with Crippen molar-refractivity contribution in [3.05, 3.63) is 51.9 Å². The second kappa shape index (κ2) is 8.84. The normalized spacial score (nSPS) is 15.2. The predicted molar refractivity (Wildman–Crippen MR) is 106 cm³/mol. The van der Waals surface area contributed by atoms with Crippen LogP contribution < -0.4 is 10.9 Å². The third-order valence-corrected chi connectivity index (χ3v) is 4.89. The number of aromatic nitrogens is 2. The SMILES string of the molecule is CCOC(=O)c1nn(-c2ccc(C)cc2)c(=O)cc1NC1CCCCCC1. The highest BCUT2D eigenvalue weighted by atomic mass is 16.5. The van der Waals surface area contributed by atoms with Crippen LogP contribution in [0.4, 0.5) is 5.69 Å². The molecule has 1 heterocycles. The van der Waals surface area contributed by atoms with Gasteiger partial charge in [0.15, 0.2) is 5.69 Å². The number of benzene rings is 1. The van der Waals surface area contributed by atoms with Gasteiger partial charge in [-0.15, -0.1) is 0 Å². The zero-order valence-electron chi connectivity index (χ0n) is 16.0. The molecule has 144 valence electrons. The Hall–Kier alpha value is -2.63. The van der Waals surface area contributed by atoms with Crippen LogP contribution in [0, 0.1) is 6.92 Å². The highest BCUT2D eigenvalue weighted by molar-refractivity contribution is 5.93. The van der Waals surface area contributed by atoms with Crippen LogP contribution in [-0.2, 0) is 4.74 Å². The zero-order chi connectivity index (χ0) is 19.2. The molecule has 0 amide bonds. The maximum absolute atomic E-state index is 12.7. The fraction of sp³-hybridized carbons (Fsp3) is 0.476. The lowest BCUT2D eigenvalue weighted by Gasteiger charge is -2.19. The van der Waals surface area contributed by atoms with Gasteiger partial charge in [0.25, 0.3) is 5.56 Å². The lowest BCUT2D eigenvalue weighted by atomic mass is 10.1. The Kier molecular flexibility index (Phi) is 6.27. The first-order chi connectivity index (χ1) is 13.1. The van der Waals surface area contributed by atoms with Gasteiger partial charge in [-0.2, -0.15) is 9.78 Å². The quantitative estimate of drug-likeness (QED) is 0.640. The summed E-state index contributed by atoms with van der Waals surface area (Å²) < 4.78 is 6.43. The van der Waals surface area contributed by atoms with Gasteiger partial charge >= 0.3 is 5.97 Å². The van der Waals surface area contributed by atoms with Gasteiger partial charge in [-0.3, -0.25) is 4.79 Å². The second-order valence-corrected chi connectivity index (χ2v) is 7.05. The van der Waals surface area contributed by atoms with E-state index in [1.165, 1.54) is 23.6 Å². The van der Waals surface area contributed by atoms with E-state index in [-0.39, 0.29) is 23.9 Å². The number of anilines is 1. The number of carbonyl (C=O) groups is 1. The van der Waals surface area contributed by atoms with E-state index in [0.717, 1.165) is 31.2 Å². The van der Waals surface area contributed by atoms with E-state index < -0.39 is 5.97 Å². The molecule has 1 saturated carbocycles. The number of carbonyl (C=O) groups excluding carboxylic acids is 1. The van der Waals surface area contributed by atoms with E-state index in [2.05, 4.69) is 10.4 Å². The molecule has 0 aliphatic heterocycles. The molecule has 1 N–H and O–H groups in total. The van der Waals surface area contributed by atoms with Gasteiger partial charge in [0.1, 0.15) is 0 Å². The number of ether oxygens (including phenoxy) is 1. The first kappa shape index (κ1) is 19.1. The molecule has 2 aromatic rings. The Balaban J connectivity index is 1.98. The minimum atomic E-state index is -0.519. The predicted octanol–water partition coefficient (Wildman–Crippen LogP) is 3.85. The van der Waals surface area contributed by atoms with Gasteiger partial charge in [0.2, 0.25) is 0 Å². The molecule has 3 rings (SSSR count). The summed E-state index contributed by atoms with van der Waals surface area (Å²) in [5, 5.41) is 7.73. The second-order valence-electron chi connectivity index (χ2n) is 7.05. The van der Waals surface area contributed by atoms with E-state index >= 15 is 0 Å². The van der Waals surface area contributed by atoms with Crippen molar-refractivity contribution in [2.45, 2.75) is 58.4 Å². The molecule has 27 heavy (non-hydrogen) atoms. The maximum Gasteiger partial charge on any atom is 0.360 e. The monoisotopic (exact) mass is 369 g/mol. The molecule has 0 atom stereocenters. The van der Waals surface area contributed by atoms with Crippen LogP contribution in [-0.4, -0.2) is 28.4 Å². The van der Waals surface area contributed by atoms with Crippen LogP contribution in [0.5, 0.6) is 0 Å². The summed E-state index contributed by atoms with van der Waals surface area (Å²) in [6.07, 6.45) is 6.83. The molecule has 1 aliphatic rings. The van der Waals surface area contributed by atoms with Crippen LogP contribution in [0.2, 0.25) is 0 Å². The Morgan fingerprint density at radius 3 is 2.48 bits per heavy atom. The van der Waals surface area contributed by atoms with Gasteiger partial charge in [0.05, 0.1) is 18.0 Å². The number of nitrogens with one attached hydrogen (secondary N) is 1. The lowest BCUT2D eigenvalue weighted by molar-refractivity contribution is 0.0518. The number of hydrogen-bond donors (Lipinski definition) is 1. The standard InChI is InChI=1S/C21H27N3O3/c1-3-27-21(26)20-18(22-16-8-6-4-5-7-9-16)14-19(25)24(23-20)17-12-10-15(2)11-13-17/h10-14,16,22H,3-9H2,1-2H3. The molecule has 6 nitrogen and oxygen atoms in total.